The van der Waals surface area contributed by atoms with E-state index in [0.29, 0.717) is 23.4 Å². The Morgan fingerprint density at radius 3 is 2.45 bits per heavy atom. The number of piperazine rings is 1. The summed E-state index contributed by atoms with van der Waals surface area (Å²) < 4.78 is 0. The molecule has 1 saturated heterocycles. The first-order chi connectivity index (χ1) is 16.1. The van der Waals surface area contributed by atoms with Crippen LogP contribution in [0.25, 0.3) is 0 Å². The van der Waals surface area contributed by atoms with Crippen LogP contribution in [0.15, 0.2) is 67.1 Å². The molecule has 1 aromatic carbocycles. The van der Waals surface area contributed by atoms with Gasteiger partial charge in [-0.2, -0.15) is 0 Å². The number of benzene rings is 1. The van der Waals surface area contributed by atoms with Crippen LogP contribution in [0.2, 0.25) is 0 Å². The molecule has 8 nitrogen and oxygen atoms in total. The summed E-state index contributed by atoms with van der Waals surface area (Å²) in [6.45, 7) is 7.71. The van der Waals surface area contributed by atoms with Gasteiger partial charge in [-0.15, -0.1) is 0 Å². The number of hydrogen-bond acceptors (Lipinski definition) is 6. The summed E-state index contributed by atoms with van der Waals surface area (Å²) in [6.07, 6.45) is 4.92. The summed E-state index contributed by atoms with van der Waals surface area (Å²) in [4.78, 5) is 38.2. The highest BCUT2D eigenvalue weighted by Crippen LogP contribution is 2.15. The van der Waals surface area contributed by atoms with Gasteiger partial charge in [0.05, 0.1) is 5.56 Å². The lowest BCUT2D eigenvalue weighted by Crippen LogP contribution is -2.46. The minimum atomic E-state index is -0.275. The molecule has 3 heterocycles. The molecule has 1 aliphatic heterocycles. The van der Waals surface area contributed by atoms with Gasteiger partial charge in [0.1, 0.15) is 5.82 Å². The predicted octanol–water partition coefficient (Wildman–Crippen LogP) is 2.80. The summed E-state index contributed by atoms with van der Waals surface area (Å²) >= 11 is 0. The van der Waals surface area contributed by atoms with E-state index in [9.17, 15) is 9.59 Å². The molecule has 0 saturated carbocycles. The van der Waals surface area contributed by atoms with Gasteiger partial charge in [0, 0.05) is 62.6 Å². The molecule has 170 valence electrons. The molecule has 1 aliphatic rings. The summed E-state index contributed by atoms with van der Waals surface area (Å²) in [6, 6.07) is 14.2. The molecule has 0 atom stereocenters. The average molecular weight is 445 g/mol. The zero-order valence-corrected chi connectivity index (χ0v) is 18.7. The molecule has 0 radical (unpaired) electrons. The monoisotopic (exact) mass is 444 g/mol. The lowest BCUT2D eigenvalue weighted by Gasteiger charge is -2.34. The van der Waals surface area contributed by atoms with Crippen LogP contribution in [0.5, 0.6) is 0 Å². The Kier molecular flexibility index (Phi) is 7.26. The maximum atomic E-state index is 12.6. The lowest BCUT2D eigenvalue weighted by molar-refractivity contribution is 0.0949. The molecule has 3 aromatic rings. The number of amides is 2. The first kappa shape index (κ1) is 22.4. The fourth-order valence-electron chi connectivity index (χ4n) is 3.72. The standard InChI is InChI=1S/C25H28N6O2/c1-2-30-11-13-31(14-12-30)23-9-8-19(16-27-23)17-28-24(32)20-5-3-7-22(15-20)29-25(33)21-6-4-10-26-18-21/h3-10,15-16,18H,2,11-14,17H2,1H3,(H,28,32)(H,29,33). The molecule has 2 N–H and O–H groups in total. The first-order valence-corrected chi connectivity index (χ1v) is 11.1. The van der Waals surface area contributed by atoms with E-state index in [2.05, 4.69) is 37.3 Å². The quantitative estimate of drug-likeness (QED) is 0.582. The fourth-order valence-corrected chi connectivity index (χ4v) is 3.72. The Morgan fingerprint density at radius 1 is 0.939 bits per heavy atom. The average Bonchev–Trinajstić information content (AvgIpc) is 2.88. The fraction of sp³-hybridized carbons (Fsp3) is 0.280. The number of nitrogens with zero attached hydrogens (tertiary/aromatic N) is 4. The Bertz CT molecular complexity index is 1080. The zero-order chi connectivity index (χ0) is 23.0. The van der Waals surface area contributed by atoms with E-state index >= 15 is 0 Å². The van der Waals surface area contributed by atoms with Gasteiger partial charge in [-0.3, -0.25) is 14.6 Å². The van der Waals surface area contributed by atoms with Crippen LogP contribution in [-0.4, -0.2) is 59.4 Å². The van der Waals surface area contributed by atoms with Crippen molar-refractivity contribution in [1.82, 2.24) is 20.2 Å². The zero-order valence-electron chi connectivity index (χ0n) is 18.7. The van der Waals surface area contributed by atoms with Crippen molar-refractivity contribution in [3.05, 3.63) is 83.8 Å². The third kappa shape index (κ3) is 5.93. The summed E-state index contributed by atoms with van der Waals surface area (Å²) in [7, 11) is 0. The molecule has 33 heavy (non-hydrogen) atoms. The van der Waals surface area contributed by atoms with Gasteiger partial charge in [0.2, 0.25) is 0 Å². The topological polar surface area (TPSA) is 90.5 Å². The van der Waals surface area contributed by atoms with Crippen molar-refractivity contribution in [2.75, 3.05) is 42.9 Å². The van der Waals surface area contributed by atoms with Gasteiger partial charge < -0.3 is 20.4 Å². The molecule has 1 fully saturated rings. The molecule has 2 aromatic heterocycles. The molecule has 2 amide bonds. The largest absolute Gasteiger partial charge is 0.354 e. The van der Waals surface area contributed by atoms with E-state index in [1.54, 1.807) is 42.6 Å². The Morgan fingerprint density at radius 2 is 1.76 bits per heavy atom. The highest BCUT2D eigenvalue weighted by Gasteiger charge is 2.16. The van der Waals surface area contributed by atoms with Gasteiger partial charge in [-0.05, 0) is 48.5 Å². The molecule has 0 unspecified atom stereocenters. The normalized spacial score (nSPS) is 14.0. The van der Waals surface area contributed by atoms with Crippen molar-refractivity contribution in [3.8, 4) is 0 Å². The SMILES string of the molecule is CCN1CCN(c2ccc(CNC(=O)c3cccc(NC(=O)c4cccnc4)c3)cn2)CC1. The number of carbonyl (C=O) groups is 2. The summed E-state index contributed by atoms with van der Waals surface area (Å²) in [5.74, 6) is 0.480. The van der Waals surface area contributed by atoms with Crippen LogP contribution in [0.1, 0.15) is 33.2 Å². The Labute approximate surface area is 193 Å². The maximum Gasteiger partial charge on any atom is 0.257 e. The minimum Gasteiger partial charge on any atom is -0.354 e. The van der Waals surface area contributed by atoms with Crippen molar-refractivity contribution < 1.29 is 9.59 Å². The van der Waals surface area contributed by atoms with Crippen LogP contribution in [0.4, 0.5) is 11.5 Å². The maximum absolute atomic E-state index is 12.6. The van der Waals surface area contributed by atoms with Gasteiger partial charge >= 0.3 is 0 Å². The van der Waals surface area contributed by atoms with E-state index in [0.717, 1.165) is 44.1 Å². The van der Waals surface area contributed by atoms with Gasteiger partial charge in [0.15, 0.2) is 0 Å². The van der Waals surface area contributed by atoms with Crippen LogP contribution in [-0.2, 0) is 6.54 Å². The number of pyridine rings is 2. The van der Waals surface area contributed by atoms with Crippen molar-refractivity contribution >= 4 is 23.3 Å². The lowest BCUT2D eigenvalue weighted by atomic mass is 10.1. The molecule has 4 rings (SSSR count). The number of likely N-dealkylation sites (N-methyl/N-ethyl adjacent to an activating group) is 1. The molecular formula is C25H28N6O2. The number of rotatable bonds is 7. The summed E-state index contributed by atoms with van der Waals surface area (Å²) in [5.41, 5.74) is 2.40. The number of hydrogen-bond donors (Lipinski definition) is 2. The van der Waals surface area contributed by atoms with Gasteiger partial charge in [-0.1, -0.05) is 19.1 Å². The van der Waals surface area contributed by atoms with E-state index in [1.807, 2.05) is 18.3 Å². The first-order valence-electron chi connectivity index (χ1n) is 11.1. The van der Waals surface area contributed by atoms with Crippen molar-refractivity contribution in [3.63, 3.8) is 0 Å². The Hall–Kier alpha value is -3.78. The third-order valence-corrected chi connectivity index (χ3v) is 5.71. The van der Waals surface area contributed by atoms with Crippen LogP contribution in [0, 0.1) is 0 Å². The summed E-state index contributed by atoms with van der Waals surface area (Å²) in [5, 5.41) is 5.71. The highest BCUT2D eigenvalue weighted by molar-refractivity contribution is 6.04. The smallest absolute Gasteiger partial charge is 0.257 e. The van der Waals surface area contributed by atoms with Gasteiger partial charge in [0.25, 0.3) is 11.8 Å². The van der Waals surface area contributed by atoms with Gasteiger partial charge in [-0.25, -0.2) is 4.98 Å². The van der Waals surface area contributed by atoms with E-state index in [-0.39, 0.29) is 11.8 Å². The molecule has 0 aliphatic carbocycles. The number of carbonyl (C=O) groups excluding carboxylic acids is 2. The van der Waals surface area contributed by atoms with Crippen molar-refractivity contribution in [2.45, 2.75) is 13.5 Å². The molecular weight excluding hydrogens is 416 g/mol. The third-order valence-electron chi connectivity index (χ3n) is 5.71. The highest BCUT2D eigenvalue weighted by atomic mass is 16.2. The van der Waals surface area contributed by atoms with E-state index in [1.165, 1.54) is 6.20 Å². The second-order valence-electron chi connectivity index (χ2n) is 7.91. The second-order valence-corrected chi connectivity index (χ2v) is 7.91. The molecule has 0 spiro atoms. The van der Waals surface area contributed by atoms with Crippen molar-refractivity contribution in [2.24, 2.45) is 0 Å². The second kappa shape index (κ2) is 10.7. The number of anilines is 2. The molecule has 8 heteroatoms. The molecule has 0 bridgehead atoms. The van der Waals surface area contributed by atoms with E-state index in [4.69, 9.17) is 0 Å². The van der Waals surface area contributed by atoms with Crippen molar-refractivity contribution in [1.29, 1.82) is 0 Å². The van der Waals surface area contributed by atoms with Crippen LogP contribution >= 0.6 is 0 Å². The Balaban J connectivity index is 1.31. The van der Waals surface area contributed by atoms with Crippen LogP contribution < -0.4 is 15.5 Å². The number of nitrogens with one attached hydrogen (secondary N) is 2. The minimum absolute atomic E-state index is 0.216. The van der Waals surface area contributed by atoms with E-state index < -0.39 is 0 Å². The predicted molar refractivity (Wildman–Crippen MR) is 128 cm³/mol. The van der Waals surface area contributed by atoms with Crippen LogP contribution in [0.3, 0.4) is 0 Å². The number of aromatic nitrogens is 2.